The maximum atomic E-state index is 5.96. The summed E-state index contributed by atoms with van der Waals surface area (Å²) in [5, 5.41) is 2.04. The predicted octanol–water partition coefficient (Wildman–Crippen LogP) is 5.90. The third-order valence-electron chi connectivity index (χ3n) is 2.50. The van der Waals surface area contributed by atoms with Gasteiger partial charge in [-0.3, -0.25) is 0 Å². The van der Waals surface area contributed by atoms with Gasteiger partial charge < -0.3 is 4.74 Å². The van der Waals surface area contributed by atoms with Gasteiger partial charge in [-0.2, -0.15) is 0 Å². The van der Waals surface area contributed by atoms with Crippen molar-refractivity contribution < 1.29 is 4.74 Å². The molecule has 0 aliphatic rings. The van der Waals surface area contributed by atoms with Crippen LogP contribution >= 0.6 is 54.8 Å². The second-order valence-corrected chi connectivity index (χ2v) is 6.86. The highest BCUT2D eigenvalue weighted by Gasteiger charge is 2.10. The molecule has 0 aliphatic carbocycles. The minimum atomic E-state index is 0.446. The summed E-state index contributed by atoms with van der Waals surface area (Å²) in [5.41, 5.74) is 2.10. The molecule has 0 N–H and O–H groups in total. The van der Waals surface area contributed by atoms with Gasteiger partial charge in [-0.15, -0.1) is 22.9 Å². The molecule has 0 unspecified atom stereocenters. The molecule has 1 heterocycles. The molecule has 5 heteroatoms. The van der Waals surface area contributed by atoms with Crippen molar-refractivity contribution in [3.05, 3.63) is 48.5 Å². The third-order valence-corrected chi connectivity index (χ3v) is 5.14. The van der Waals surface area contributed by atoms with Crippen LogP contribution in [0.1, 0.15) is 16.0 Å². The second-order valence-electron chi connectivity index (χ2n) is 3.82. The number of aryl methyl sites for hydroxylation is 1. The van der Waals surface area contributed by atoms with E-state index < -0.39 is 0 Å². The Bertz CT molecular complexity index is 554. The Hall–Kier alpha value is -0.0300. The average molecular weight is 411 g/mol. The molecule has 1 nitrogen and oxygen atoms in total. The molecule has 0 radical (unpaired) electrons. The van der Waals surface area contributed by atoms with E-state index in [0.29, 0.717) is 12.5 Å². The molecule has 96 valence electrons. The van der Waals surface area contributed by atoms with Crippen molar-refractivity contribution in [2.24, 2.45) is 0 Å². The molecule has 0 aliphatic heterocycles. The van der Waals surface area contributed by atoms with Crippen LogP contribution in [0.4, 0.5) is 0 Å². The number of halogens is 3. The first-order valence-electron chi connectivity index (χ1n) is 5.31. The molecular weight excluding hydrogens is 399 g/mol. The van der Waals surface area contributed by atoms with E-state index in [2.05, 4.69) is 31.9 Å². The highest BCUT2D eigenvalue weighted by atomic mass is 79.9. The predicted molar refractivity (Wildman–Crippen MR) is 84.8 cm³/mol. The van der Waals surface area contributed by atoms with E-state index in [1.807, 2.05) is 30.5 Å². The lowest BCUT2D eigenvalue weighted by atomic mass is 10.1. The van der Waals surface area contributed by atoms with Gasteiger partial charge in [-0.05, 0) is 52.0 Å². The summed E-state index contributed by atoms with van der Waals surface area (Å²) in [7, 11) is 0. The first kappa shape index (κ1) is 14.4. The first-order valence-corrected chi connectivity index (χ1v) is 8.31. The van der Waals surface area contributed by atoms with E-state index in [0.717, 1.165) is 25.8 Å². The lowest BCUT2D eigenvalue weighted by Gasteiger charge is -2.13. The summed E-state index contributed by atoms with van der Waals surface area (Å²) in [6.07, 6.45) is 0. The average Bonchev–Trinajstić information content (AvgIpc) is 2.73. The molecule has 2 rings (SSSR count). The summed E-state index contributed by atoms with van der Waals surface area (Å²) >= 11 is 14.6. The van der Waals surface area contributed by atoms with Crippen LogP contribution in [-0.4, -0.2) is 0 Å². The van der Waals surface area contributed by atoms with Crippen molar-refractivity contribution in [2.75, 3.05) is 0 Å². The largest absolute Gasteiger partial charge is 0.487 e. The third kappa shape index (κ3) is 3.29. The molecule has 1 aromatic heterocycles. The minimum absolute atomic E-state index is 0.446. The number of rotatable bonds is 4. The number of hydrogen-bond donors (Lipinski definition) is 0. The SMILES string of the molecule is Cc1cc(Br)cc(CCl)c1OCc1sccc1Br. The van der Waals surface area contributed by atoms with Gasteiger partial charge in [0.1, 0.15) is 12.4 Å². The first-order chi connectivity index (χ1) is 8.61. The molecule has 1 aromatic carbocycles. The fraction of sp³-hybridized carbons (Fsp3) is 0.231. The highest BCUT2D eigenvalue weighted by Crippen LogP contribution is 2.31. The topological polar surface area (TPSA) is 9.23 Å². The van der Waals surface area contributed by atoms with Crippen molar-refractivity contribution in [3.8, 4) is 5.75 Å². The zero-order valence-electron chi connectivity index (χ0n) is 9.67. The molecule has 0 spiro atoms. The normalized spacial score (nSPS) is 10.7. The maximum Gasteiger partial charge on any atom is 0.127 e. The molecule has 18 heavy (non-hydrogen) atoms. The van der Waals surface area contributed by atoms with Crippen LogP contribution in [0.2, 0.25) is 0 Å². The van der Waals surface area contributed by atoms with Gasteiger partial charge in [-0.25, -0.2) is 0 Å². The number of thiophene rings is 1. The van der Waals surface area contributed by atoms with Gasteiger partial charge in [0.05, 0.1) is 10.8 Å². The van der Waals surface area contributed by atoms with Gasteiger partial charge in [-0.1, -0.05) is 15.9 Å². The van der Waals surface area contributed by atoms with Crippen molar-refractivity contribution in [1.29, 1.82) is 0 Å². The van der Waals surface area contributed by atoms with E-state index in [4.69, 9.17) is 16.3 Å². The van der Waals surface area contributed by atoms with Gasteiger partial charge in [0.25, 0.3) is 0 Å². The van der Waals surface area contributed by atoms with Crippen LogP contribution in [0.3, 0.4) is 0 Å². The zero-order valence-corrected chi connectivity index (χ0v) is 14.4. The monoisotopic (exact) mass is 408 g/mol. The minimum Gasteiger partial charge on any atom is -0.487 e. The van der Waals surface area contributed by atoms with E-state index in [-0.39, 0.29) is 0 Å². The smallest absolute Gasteiger partial charge is 0.127 e. The summed E-state index contributed by atoms with van der Waals surface area (Å²) in [5.74, 6) is 1.33. The van der Waals surface area contributed by atoms with Crippen molar-refractivity contribution in [1.82, 2.24) is 0 Å². The second kappa shape index (κ2) is 6.42. The number of benzene rings is 1. The zero-order chi connectivity index (χ0) is 13.1. The fourth-order valence-electron chi connectivity index (χ4n) is 1.67. The number of alkyl halides is 1. The van der Waals surface area contributed by atoms with Gasteiger partial charge in [0.2, 0.25) is 0 Å². The number of hydrogen-bond acceptors (Lipinski definition) is 2. The van der Waals surface area contributed by atoms with Crippen LogP contribution in [0, 0.1) is 6.92 Å². The van der Waals surface area contributed by atoms with E-state index in [9.17, 15) is 0 Å². The van der Waals surface area contributed by atoms with Crippen molar-refractivity contribution >= 4 is 54.8 Å². The Morgan fingerprint density at radius 2 is 2.11 bits per heavy atom. The molecule has 0 atom stereocenters. The van der Waals surface area contributed by atoms with Crippen LogP contribution in [-0.2, 0) is 12.5 Å². The van der Waals surface area contributed by atoms with Gasteiger partial charge in [0, 0.05) is 14.5 Å². The highest BCUT2D eigenvalue weighted by molar-refractivity contribution is 9.10. The lowest BCUT2D eigenvalue weighted by Crippen LogP contribution is -1.99. The van der Waals surface area contributed by atoms with Crippen LogP contribution in [0.15, 0.2) is 32.5 Å². The quantitative estimate of drug-likeness (QED) is 0.570. The molecule has 0 fully saturated rings. The van der Waals surface area contributed by atoms with E-state index >= 15 is 0 Å². The Labute approximate surface area is 132 Å². The molecule has 2 aromatic rings. The van der Waals surface area contributed by atoms with Crippen molar-refractivity contribution in [2.45, 2.75) is 19.4 Å². The Kier molecular flexibility index (Phi) is 5.13. The molecule has 0 bridgehead atoms. The summed E-state index contributed by atoms with van der Waals surface area (Å²) in [6, 6.07) is 6.06. The standard InChI is InChI=1S/C13H11Br2ClOS/c1-8-4-10(14)5-9(6-16)13(8)17-7-12-11(15)2-3-18-12/h2-5H,6-7H2,1H3. The van der Waals surface area contributed by atoms with Gasteiger partial charge >= 0.3 is 0 Å². The molecule has 0 saturated heterocycles. The Balaban J connectivity index is 2.21. The van der Waals surface area contributed by atoms with E-state index in [1.54, 1.807) is 11.3 Å². The maximum absolute atomic E-state index is 5.96. The lowest BCUT2D eigenvalue weighted by molar-refractivity contribution is 0.304. The van der Waals surface area contributed by atoms with Crippen LogP contribution < -0.4 is 4.74 Å². The summed E-state index contributed by atoms with van der Waals surface area (Å²) in [6.45, 7) is 2.59. The molecule has 0 saturated carbocycles. The molecular formula is C13H11Br2ClOS. The summed E-state index contributed by atoms with van der Waals surface area (Å²) in [4.78, 5) is 1.18. The molecule has 0 amide bonds. The van der Waals surface area contributed by atoms with E-state index in [1.165, 1.54) is 4.88 Å². The summed E-state index contributed by atoms with van der Waals surface area (Å²) < 4.78 is 8.03. The van der Waals surface area contributed by atoms with Crippen LogP contribution in [0.25, 0.3) is 0 Å². The fourth-order valence-corrected chi connectivity index (χ4v) is 3.87. The van der Waals surface area contributed by atoms with Crippen LogP contribution in [0.5, 0.6) is 5.75 Å². The Morgan fingerprint density at radius 1 is 1.33 bits per heavy atom. The Morgan fingerprint density at radius 3 is 2.72 bits per heavy atom. The van der Waals surface area contributed by atoms with Gasteiger partial charge in [0.15, 0.2) is 0 Å². The van der Waals surface area contributed by atoms with Crippen molar-refractivity contribution in [3.63, 3.8) is 0 Å². The number of ether oxygens (including phenoxy) is 1.